The summed E-state index contributed by atoms with van der Waals surface area (Å²) in [4.78, 5) is 22.2. The van der Waals surface area contributed by atoms with Gasteiger partial charge in [0.2, 0.25) is 5.91 Å². The summed E-state index contributed by atoms with van der Waals surface area (Å²) in [6.45, 7) is 7.35. The average molecular weight is 231 g/mol. The van der Waals surface area contributed by atoms with Gasteiger partial charge in [-0.15, -0.1) is 0 Å². The number of ether oxygens (including phenoxy) is 1. The van der Waals surface area contributed by atoms with Crippen molar-refractivity contribution in [2.24, 2.45) is 5.92 Å². The molecule has 2 N–H and O–H groups in total. The Bertz CT molecular complexity index is 238. The van der Waals surface area contributed by atoms with Crippen LogP contribution in [-0.2, 0) is 14.3 Å². The summed E-state index contributed by atoms with van der Waals surface area (Å²) in [5.41, 5.74) is 0. The fraction of sp³-hybridized carbons (Fsp3) is 0.818. The summed E-state index contributed by atoms with van der Waals surface area (Å²) in [7, 11) is 0. The molecule has 16 heavy (non-hydrogen) atoms. The van der Waals surface area contributed by atoms with Crippen LogP contribution in [0.3, 0.4) is 0 Å². The van der Waals surface area contributed by atoms with Crippen molar-refractivity contribution in [1.29, 1.82) is 0 Å². The minimum absolute atomic E-state index is 0.0425. The predicted octanol–water partition coefficient (Wildman–Crippen LogP) is 1.03. The molecule has 1 atom stereocenters. The highest BCUT2D eigenvalue weighted by atomic mass is 16.5. The van der Waals surface area contributed by atoms with Gasteiger partial charge in [0, 0.05) is 0 Å². The molecule has 0 aromatic carbocycles. The number of hydrogen-bond acceptors (Lipinski definition) is 3. The SMILES string of the molecule is CC(C)CC(NC(=O)COC(C)C)C(=O)O. The Balaban J connectivity index is 4.08. The van der Waals surface area contributed by atoms with Gasteiger partial charge in [0.15, 0.2) is 0 Å². The number of aliphatic carboxylic acids is 1. The van der Waals surface area contributed by atoms with Crippen molar-refractivity contribution in [1.82, 2.24) is 5.32 Å². The Morgan fingerprint density at radius 3 is 2.19 bits per heavy atom. The number of carboxylic acid groups (broad SMARTS) is 1. The molecule has 0 bridgehead atoms. The lowest BCUT2D eigenvalue weighted by molar-refractivity contribution is -0.143. The van der Waals surface area contributed by atoms with Crippen LogP contribution in [0.2, 0.25) is 0 Å². The van der Waals surface area contributed by atoms with Crippen molar-refractivity contribution >= 4 is 11.9 Å². The van der Waals surface area contributed by atoms with E-state index in [0.717, 1.165) is 0 Å². The lowest BCUT2D eigenvalue weighted by Crippen LogP contribution is -2.43. The normalized spacial score (nSPS) is 12.9. The van der Waals surface area contributed by atoms with Gasteiger partial charge in [-0.3, -0.25) is 4.79 Å². The first kappa shape index (κ1) is 14.9. The van der Waals surface area contributed by atoms with E-state index in [1.165, 1.54) is 0 Å². The second-order valence-corrected chi connectivity index (χ2v) is 4.45. The summed E-state index contributed by atoms with van der Waals surface area (Å²) in [6.07, 6.45) is 0.377. The van der Waals surface area contributed by atoms with Crippen molar-refractivity contribution in [3.8, 4) is 0 Å². The summed E-state index contributed by atoms with van der Waals surface area (Å²) in [6, 6.07) is -0.830. The highest BCUT2D eigenvalue weighted by Gasteiger charge is 2.20. The quantitative estimate of drug-likeness (QED) is 0.686. The van der Waals surface area contributed by atoms with Crippen LogP contribution in [-0.4, -0.2) is 35.7 Å². The standard InChI is InChI=1S/C11H21NO4/c1-7(2)5-9(11(14)15)12-10(13)6-16-8(3)4/h7-9H,5-6H2,1-4H3,(H,12,13)(H,14,15). The van der Waals surface area contributed by atoms with Crippen LogP contribution >= 0.6 is 0 Å². The van der Waals surface area contributed by atoms with Crippen LogP contribution < -0.4 is 5.32 Å². The molecule has 0 rings (SSSR count). The number of amides is 1. The van der Waals surface area contributed by atoms with Crippen molar-refractivity contribution < 1.29 is 19.4 Å². The Hall–Kier alpha value is -1.10. The van der Waals surface area contributed by atoms with Crippen LogP contribution in [0.5, 0.6) is 0 Å². The Kier molecular flexibility index (Phi) is 6.72. The highest BCUT2D eigenvalue weighted by Crippen LogP contribution is 2.04. The van der Waals surface area contributed by atoms with Gasteiger partial charge >= 0.3 is 5.97 Å². The van der Waals surface area contributed by atoms with Crippen molar-refractivity contribution in [2.45, 2.75) is 46.3 Å². The van der Waals surface area contributed by atoms with Gasteiger partial charge in [-0.2, -0.15) is 0 Å². The fourth-order valence-corrected chi connectivity index (χ4v) is 1.17. The van der Waals surface area contributed by atoms with E-state index in [-0.39, 0.29) is 24.5 Å². The van der Waals surface area contributed by atoms with Crippen LogP contribution in [0.15, 0.2) is 0 Å². The van der Waals surface area contributed by atoms with Gasteiger partial charge in [0.25, 0.3) is 0 Å². The monoisotopic (exact) mass is 231 g/mol. The molecule has 0 aromatic rings. The van der Waals surface area contributed by atoms with E-state index in [4.69, 9.17) is 9.84 Å². The smallest absolute Gasteiger partial charge is 0.326 e. The van der Waals surface area contributed by atoms with Crippen LogP contribution in [0, 0.1) is 5.92 Å². The fourth-order valence-electron chi connectivity index (χ4n) is 1.17. The first-order valence-electron chi connectivity index (χ1n) is 5.46. The molecular formula is C11H21NO4. The number of carbonyl (C=O) groups excluding carboxylic acids is 1. The summed E-state index contributed by atoms with van der Waals surface area (Å²) in [5, 5.41) is 11.3. The zero-order chi connectivity index (χ0) is 12.7. The summed E-state index contributed by atoms with van der Waals surface area (Å²) >= 11 is 0. The minimum atomic E-state index is -1.01. The number of rotatable bonds is 7. The molecule has 0 aromatic heterocycles. The molecule has 0 fully saturated rings. The first-order chi connectivity index (χ1) is 7.32. The first-order valence-corrected chi connectivity index (χ1v) is 5.46. The van der Waals surface area contributed by atoms with Crippen molar-refractivity contribution in [3.63, 3.8) is 0 Å². The number of carbonyl (C=O) groups is 2. The van der Waals surface area contributed by atoms with Crippen molar-refractivity contribution in [2.75, 3.05) is 6.61 Å². The minimum Gasteiger partial charge on any atom is -0.480 e. The van der Waals surface area contributed by atoms with Gasteiger partial charge in [0.1, 0.15) is 12.6 Å². The topological polar surface area (TPSA) is 75.6 Å². The molecule has 1 unspecified atom stereocenters. The van der Waals surface area contributed by atoms with Crippen LogP contribution in [0.4, 0.5) is 0 Å². The zero-order valence-electron chi connectivity index (χ0n) is 10.3. The molecule has 0 spiro atoms. The number of nitrogens with one attached hydrogen (secondary N) is 1. The van der Waals surface area contributed by atoms with E-state index in [1.807, 2.05) is 27.7 Å². The van der Waals surface area contributed by atoms with Gasteiger partial charge in [-0.25, -0.2) is 4.79 Å². The summed E-state index contributed by atoms with van der Waals surface area (Å²) < 4.78 is 5.08. The van der Waals surface area contributed by atoms with Crippen molar-refractivity contribution in [3.05, 3.63) is 0 Å². The van der Waals surface area contributed by atoms with Crippen LogP contribution in [0.25, 0.3) is 0 Å². The number of hydrogen-bond donors (Lipinski definition) is 2. The van der Waals surface area contributed by atoms with E-state index < -0.39 is 12.0 Å². The van der Waals surface area contributed by atoms with Gasteiger partial charge in [-0.1, -0.05) is 13.8 Å². The number of carboxylic acids is 1. The Morgan fingerprint density at radius 2 is 1.81 bits per heavy atom. The molecular weight excluding hydrogens is 210 g/mol. The van der Waals surface area contributed by atoms with E-state index in [1.54, 1.807) is 0 Å². The third-order valence-electron chi connectivity index (χ3n) is 1.89. The Morgan fingerprint density at radius 1 is 1.25 bits per heavy atom. The summed E-state index contributed by atoms with van der Waals surface area (Å²) in [5.74, 6) is -1.18. The third kappa shape index (κ3) is 7.23. The maximum absolute atomic E-state index is 11.3. The van der Waals surface area contributed by atoms with E-state index in [9.17, 15) is 9.59 Å². The second-order valence-electron chi connectivity index (χ2n) is 4.45. The van der Waals surface area contributed by atoms with Gasteiger partial charge in [0.05, 0.1) is 6.10 Å². The zero-order valence-corrected chi connectivity index (χ0v) is 10.3. The van der Waals surface area contributed by atoms with E-state index >= 15 is 0 Å². The molecule has 1 amide bonds. The molecule has 0 heterocycles. The maximum Gasteiger partial charge on any atom is 0.326 e. The van der Waals surface area contributed by atoms with Gasteiger partial charge in [-0.05, 0) is 26.2 Å². The molecule has 5 nitrogen and oxygen atoms in total. The molecule has 0 radical (unpaired) electrons. The molecule has 0 aliphatic heterocycles. The lowest BCUT2D eigenvalue weighted by Gasteiger charge is -2.16. The predicted molar refractivity (Wildman–Crippen MR) is 60.1 cm³/mol. The average Bonchev–Trinajstić information content (AvgIpc) is 2.12. The Labute approximate surface area is 96.2 Å². The second kappa shape index (κ2) is 7.22. The molecule has 0 aliphatic rings. The lowest BCUT2D eigenvalue weighted by atomic mass is 10.0. The molecule has 5 heteroatoms. The molecule has 0 saturated carbocycles. The molecule has 0 saturated heterocycles. The maximum atomic E-state index is 11.3. The van der Waals surface area contributed by atoms with E-state index in [2.05, 4.69) is 5.32 Å². The third-order valence-corrected chi connectivity index (χ3v) is 1.89. The largest absolute Gasteiger partial charge is 0.480 e. The molecule has 94 valence electrons. The van der Waals surface area contributed by atoms with Crippen LogP contribution in [0.1, 0.15) is 34.1 Å². The molecule has 0 aliphatic carbocycles. The van der Waals surface area contributed by atoms with Gasteiger partial charge < -0.3 is 15.2 Å². The highest BCUT2D eigenvalue weighted by molar-refractivity contribution is 5.84. The van der Waals surface area contributed by atoms with E-state index in [0.29, 0.717) is 6.42 Å².